The molecule has 8 nitrogen and oxygen atoms in total. The zero-order chi connectivity index (χ0) is 24.5. The third-order valence-electron chi connectivity index (χ3n) is 6.72. The largest absolute Gasteiger partial charge is 0.504 e. The van der Waals surface area contributed by atoms with Crippen LogP contribution in [0.25, 0.3) is 11.1 Å². The molecule has 5 rings (SSSR count). The molecule has 2 atom stereocenters. The number of methoxy groups -OCH3 is 1. The van der Waals surface area contributed by atoms with E-state index in [9.17, 15) is 19.8 Å². The van der Waals surface area contributed by atoms with Crippen molar-refractivity contribution in [1.82, 2.24) is 10.6 Å². The average molecular weight is 475 g/mol. The van der Waals surface area contributed by atoms with Gasteiger partial charge in [-0.2, -0.15) is 0 Å². The molecule has 1 aliphatic heterocycles. The Kier molecular flexibility index (Phi) is 6.05. The molecule has 3 aromatic rings. The van der Waals surface area contributed by atoms with Gasteiger partial charge < -0.3 is 25.0 Å². The van der Waals surface area contributed by atoms with E-state index >= 15 is 0 Å². The highest BCUT2D eigenvalue weighted by Gasteiger charge is 2.33. The molecule has 0 aromatic heterocycles. The molecular weight excluding hydrogens is 448 g/mol. The van der Waals surface area contributed by atoms with E-state index < -0.39 is 24.1 Å². The van der Waals surface area contributed by atoms with Crippen LogP contribution >= 0.6 is 0 Å². The van der Waals surface area contributed by atoms with Crippen LogP contribution in [0.3, 0.4) is 0 Å². The van der Waals surface area contributed by atoms with E-state index in [4.69, 9.17) is 9.47 Å². The summed E-state index contributed by atoms with van der Waals surface area (Å²) in [5.74, 6) is -1.04. The Morgan fingerprint density at radius 2 is 1.60 bits per heavy atom. The minimum atomic E-state index is -0.647. The molecule has 1 aliphatic carbocycles. The van der Waals surface area contributed by atoms with Gasteiger partial charge in [-0.25, -0.2) is 4.79 Å². The number of nitrogens with one attached hydrogen (secondary N) is 2. The van der Waals surface area contributed by atoms with Crippen molar-refractivity contribution in [3.05, 3.63) is 82.9 Å². The number of hydrogen-bond donors (Lipinski definition) is 4. The Morgan fingerprint density at radius 1 is 0.971 bits per heavy atom. The maximum Gasteiger partial charge on any atom is 0.407 e. The third-order valence-corrected chi connectivity index (χ3v) is 6.72. The van der Waals surface area contributed by atoms with E-state index in [1.165, 1.54) is 19.2 Å². The van der Waals surface area contributed by atoms with Crippen molar-refractivity contribution in [3.8, 4) is 22.6 Å². The summed E-state index contributed by atoms with van der Waals surface area (Å²) >= 11 is 0. The molecule has 1 heterocycles. The molecule has 0 unspecified atom stereocenters. The first-order valence-corrected chi connectivity index (χ1v) is 11.4. The molecule has 1 amide bonds. The number of fused-ring (bicyclic) bond motifs is 4. The van der Waals surface area contributed by atoms with Gasteiger partial charge in [-0.3, -0.25) is 10.1 Å². The number of carbonyl (C=O) groups excluding carboxylic acids is 2. The SMILES string of the molecule is COC(=O)[C@@H]1Cc2cc(O)c(O)cc2[C@H](CNC(=O)OCC2c3ccccc3-c3ccccc32)N1. The number of aromatic hydroxyl groups is 2. The Hall–Kier alpha value is -4.04. The smallest absolute Gasteiger partial charge is 0.407 e. The average Bonchev–Trinajstić information content (AvgIpc) is 3.20. The van der Waals surface area contributed by atoms with E-state index in [2.05, 4.69) is 34.9 Å². The number of hydrogen-bond acceptors (Lipinski definition) is 7. The number of rotatable bonds is 5. The van der Waals surface area contributed by atoms with Crippen LogP contribution in [0.2, 0.25) is 0 Å². The summed E-state index contributed by atoms with van der Waals surface area (Å²) in [6.07, 6.45) is -0.296. The lowest BCUT2D eigenvalue weighted by Crippen LogP contribution is -2.48. The van der Waals surface area contributed by atoms with Crippen molar-refractivity contribution in [2.45, 2.75) is 24.4 Å². The van der Waals surface area contributed by atoms with Crippen molar-refractivity contribution in [2.24, 2.45) is 0 Å². The summed E-state index contributed by atoms with van der Waals surface area (Å²) in [4.78, 5) is 24.8. The van der Waals surface area contributed by atoms with E-state index in [1.54, 1.807) is 0 Å². The van der Waals surface area contributed by atoms with Gasteiger partial charge in [-0.15, -0.1) is 0 Å². The fourth-order valence-electron chi connectivity index (χ4n) is 5.05. The maximum absolute atomic E-state index is 12.6. The van der Waals surface area contributed by atoms with Crippen LogP contribution in [0.4, 0.5) is 4.79 Å². The van der Waals surface area contributed by atoms with Crippen LogP contribution in [0.5, 0.6) is 11.5 Å². The van der Waals surface area contributed by atoms with Gasteiger partial charge in [0.2, 0.25) is 0 Å². The predicted octanol–water partition coefficient (Wildman–Crippen LogP) is 3.36. The predicted molar refractivity (Wildman–Crippen MR) is 128 cm³/mol. The third kappa shape index (κ3) is 4.28. The fourth-order valence-corrected chi connectivity index (χ4v) is 5.05. The molecule has 0 saturated heterocycles. The number of phenols is 2. The molecule has 8 heteroatoms. The number of alkyl carbamates (subject to hydrolysis) is 1. The molecule has 0 radical (unpaired) electrons. The van der Waals surface area contributed by atoms with Gasteiger partial charge in [-0.1, -0.05) is 48.5 Å². The molecule has 0 bridgehead atoms. The zero-order valence-electron chi connectivity index (χ0n) is 19.2. The molecule has 4 N–H and O–H groups in total. The van der Waals surface area contributed by atoms with Crippen molar-refractivity contribution in [3.63, 3.8) is 0 Å². The molecule has 35 heavy (non-hydrogen) atoms. The summed E-state index contributed by atoms with van der Waals surface area (Å²) < 4.78 is 10.5. The van der Waals surface area contributed by atoms with Gasteiger partial charge in [0.15, 0.2) is 11.5 Å². The highest BCUT2D eigenvalue weighted by Crippen LogP contribution is 2.44. The van der Waals surface area contributed by atoms with Crippen LogP contribution in [-0.4, -0.2) is 48.6 Å². The zero-order valence-corrected chi connectivity index (χ0v) is 19.2. The second-order valence-electron chi connectivity index (χ2n) is 8.75. The lowest BCUT2D eigenvalue weighted by atomic mass is 9.89. The van der Waals surface area contributed by atoms with Gasteiger partial charge in [0.25, 0.3) is 0 Å². The normalized spacial score (nSPS) is 18.2. The number of amides is 1. The quantitative estimate of drug-likeness (QED) is 0.331. The molecule has 3 aromatic carbocycles. The van der Waals surface area contributed by atoms with Crippen molar-refractivity contribution in [1.29, 1.82) is 0 Å². The Balaban J connectivity index is 1.27. The number of carbonyl (C=O) groups is 2. The Bertz CT molecular complexity index is 1240. The maximum atomic E-state index is 12.6. The van der Waals surface area contributed by atoms with Gasteiger partial charge in [0.1, 0.15) is 12.6 Å². The number of phenolic OH excluding ortho intramolecular Hbond substituents is 2. The highest BCUT2D eigenvalue weighted by molar-refractivity contribution is 5.79. The first-order valence-electron chi connectivity index (χ1n) is 11.4. The Labute approximate surface area is 202 Å². The summed E-state index contributed by atoms with van der Waals surface area (Å²) in [5, 5.41) is 25.8. The second kappa shape index (κ2) is 9.31. The number of benzene rings is 3. The fraction of sp³-hybridized carbons (Fsp3) is 0.259. The molecular formula is C27H26N2O6. The van der Waals surface area contributed by atoms with Crippen LogP contribution in [0.1, 0.15) is 34.2 Å². The monoisotopic (exact) mass is 474 g/mol. The number of esters is 1. The lowest BCUT2D eigenvalue weighted by Gasteiger charge is -2.32. The van der Waals surface area contributed by atoms with Crippen LogP contribution in [-0.2, 0) is 20.7 Å². The molecule has 0 spiro atoms. The van der Waals surface area contributed by atoms with E-state index in [1.807, 2.05) is 24.3 Å². The minimum Gasteiger partial charge on any atom is -0.504 e. The van der Waals surface area contributed by atoms with Gasteiger partial charge in [0, 0.05) is 12.5 Å². The summed E-state index contributed by atoms with van der Waals surface area (Å²) in [6.45, 7) is 0.301. The Morgan fingerprint density at radius 3 is 2.26 bits per heavy atom. The van der Waals surface area contributed by atoms with Crippen LogP contribution in [0, 0.1) is 0 Å². The van der Waals surface area contributed by atoms with Crippen LogP contribution < -0.4 is 10.6 Å². The van der Waals surface area contributed by atoms with Crippen molar-refractivity contribution < 1.29 is 29.3 Å². The summed E-state index contributed by atoms with van der Waals surface area (Å²) in [5.41, 5.74) is 5.92. The highest BCUT2D eigenvalue weighted by atomic mass is 16.5. The molecule has 0 fully saturated rings. The first-order chi connectivity index (χ1) is 17.0. The molecule has 2 aliphatic rings. The minimum absolute atomic E-state index is 0.0506. The van der Waals surface area contributed by atoms with E-state index in [0.717, 1.165) is 22.3 Å². The first kappa shape index (κ1) is 22.7. The topological polar surface area (TPSA) is 117 Å². The molecule has 180 valence electrons. The van der Waals surface area contributed by atoms with Gasteiger partial charge >= 0.3 is 12.1 Å². The molecule has 0 saturated carbocycles. The standard InChI is InChI=1S/C27H26N2O6/c1-34-26(32)22-10-15-11-24(30)25(31)12-20(15)23(29-22)13-28-27(33)35-14-21-18-8-4-2-6-16(18)17-7-3-5-9-19(17)21/h2-9,11-12,21-23,29-31H,10,13-14H2,1H3,(H,28,33)/t22-,23-/m0/s1. The van der Waals surface area contributed by atoms with Crippen LogP contribution in [0.15, 0.2) is 60.7 Å². The van der Waals surface area contributed by atoms with E-state index in [-0.39, 0.29) is 37.0 Å². The number of ether oxygens (including phenoxy) is 2. The summed E-state index contributed by atoms with van der Waals surface area (Å²) in [7, 11) is 1.30. The van der Waals surface area contributed by atoms with Gasteiger partial charge in [0.05, 0.1) is 13.2 Å². The van der Waals surface area contributed by atoms with Crippen molar-refractivity contribution in [2.75, 3.05) is 20.3 Å². The summed E-state index contributed by atoms with van der Waals surface area (Å²) in [6, 6.07) is 18.0. The van der Waals surface area contributed by atoms with E-state index in [0.29, 0.717) is 11.1 Å². The van der Waals surface area contributed by atoms with Crippen molar-refractivity contribution >= 4 is 12.1 Å². The van der Waals surface area contributed by atoms with Gasteiger partial charge in [-0.05, 0) is 51.9 Å². The lowest BCUT2D eigenvalue weighted by molar-refractivity contribution is -0.143. The second-order valence-corrected chi connectivity index (χ2v) is 8.75.